The van der Waals surface area contributed by atoms with E-state index in [1.165, 1.54) is 13.0 Å². The minimum Gasteiger partial charge on any atom is -0.349 e. The van der Waals surface area contributed by atoms with Crippen LogP contribution in [0.5, 0.6) is 0 Å². The maximum Gasteiger partial charge on any atom is 0.416 e. The summed E-state index contributed by atoms with van der Waals surface area (Å²) in [7, 11) is 0. The molecule has 0 aliphatic rings. The van der Waals surface area contributed by atoms with E-state index in [2.05, 4.69) is 31.4 Å². The average Bonchev–Trinajstić information content (AvgIpc) is 2.56. The molecule has 3 aromatic rings. The molecule has 26 heavy (non-hydrogen) atoms. The number of fused-ring (bicyclic) bond motifs is 1. The molecule has 0 fully saturated rings. The topological polar surface area (TPSA) is 63.8 Å². The Labute approximate surface area is 160 Å². The van der Waals surface area contributed by atoms with Gasteiger partial charge in [0.1, 0.15) is 6.17 Å². The summed E-state index contributed by atoms with van der Waals surface area (Å²) in [4.78, 5) is 0. The van der Waals surface area contributed by atoms with Gasteiger partial charge in [-0.2, -0.15) is 13.2 Å². The highest BCUT2D eigenvalue weighted by Gasteiger charge is 2.33. The van der Waals surface area contributed by atoms with E-state index in [-0.39, 0.29) is 10.7 Å². The lowest BCUT2D eigenvalue weighted by molar-refractivity contribution is -0.138. The molecule has 4 nitrogen and oxygen atoms in total. The van der Waals surface area contributed by atoms with E-state index in [1.807, 2.05) is 0 Å². The number of alkyl halides is 3. The highest BCUT2D eigenvalue weighted by molar-refractivity contribution is 9.10. The Hall–Kier alpha value is -1.90. The van der Waals surface area contributed by atoms with E-state index >= 15 is 0 Å². The monoisotopic (exact) mass is 444 g/mol. The molecule has 1 atom stereocenters. The van der Waals surface area contributed by atoms with Crippen LogP contribution in [0, 0.1) is 6.92 Å². The first-order valence-corrected chi connectivity index (χ1v) is 8.66. The van der Waals surface area contributed by atoms with Crippen LogP contribution >= 0.6 is 27.5 Å². The van der Waals surface area contributed by atoms with Gasteiger partial charge in [0.2, 0.25) is 0 Å². The minimum atomic E-state index is -4.45. The van der Waals surface area contributed by atoms with Gasteiger partial charge in [0.15, 0.2) is 11.0 Å². The van der Waals surface area contributed by atoms with Crippen LogP contribution in [0.2, 0.25) is 5.15 Å². The van der Waals surface area contributed by atoms with Crippen LogP contribution < -0.4 is 11.1 Å². The third kappa shape index (κ3) is 3.62. The second kappa shape index (κ2) is 7.02. The van der Waals surface area contributed by atoms with Crippen molar-refractivity contribution >= 4 is 44.1 Å². The second-order valence-electron chi connectivity index (χ2n) is 5.67. The predicted molar refractivity (Wildman–Crippen MR) is 99.0 cm³/mol. The lowest BCUT2D eigenvalue weighted by atomic mass is 10.00. The Morgan fingerprint density at radius 3 is 2.58 bits per heavy atom. The second-order valence-corrected chi connectivity index (χ2v) is 6.94. The number of halogens is 5. The van der Waals surface area contributed by atoms with E-state index in [1.54, 1.807) is 24.3 Å². The summed E-state index contributed by atoms with van der Waals surface area (Å²) in [5.74, 6) is 0.329. The molecule has 0 amide bonds. The molecule has 3 N–H and O–H groups in total. The zero-order chi connectivity index (χ0) is 19.1. The van der Waals surface area contributed by atoms with E-state index in [0.29, 0.717) is 22.2 Å². The number of aromatic nitrogens is 2. The number of benzene rings is 2. The van der Waals surface area contributed by atoms with Crippen LogP contribution in [0.1, 0.15) is 22.9 Å². The number of hydrogen-bond acceptors (Lipinski definition) is 4. The zero-order valence-electron chi connectivity index (χ0n) is 13.4. The van der Waals surface area contributed by atoms with Gasteiger partial charge in [-0.05, 0) is 42.3 Å². The highest BCUT2D eigenvalue weighted by atomic mass is 79.9. The molecule has 0 aliphatic carbocycles. The molecule has 0 spiro atoms. The summed E-state index contributed by atoms with van der Waals surface area (Å²) >= 11 is 9.43. The average molecular weight is 446 g/mol. The van der Waals surface area contributed by atoms with Crippen LogP contribution in [0.3, 0.4) is 0 Å². The van der Waals surface area contributed by atoms with Crippen LogP contribution in [0.15, 0.2) is 40.9 Å². The van der Waals surface area contributed by atoms with Crippen molar-refractivity contribution < 1.29 is 13.2 Å². The van der Waals surface area contributed by atoms with Crippen LogP contribution in [0.4, 0.5) is 19.0 Å². The van der Waals surface area contributed by atoms with Crippen molar-refractivity contribution in [3.8, 4) is 0 Å². The van der Waals surface area contributed by atoms with Gasteiger partial charge < -0.3 is 11.1 Å². The summed E-state index contributed by atoms with van der Waals surface area (Å²) in [5, 5.41) is 12.3. The molecule has 0 saturated carbocycles. The quantitative estimate of drug-likeness (QED) is 0.527. The van der Waals surface area contributed by atoms with Crippen molar-refractivity contribution in [1.29, 1.82) is 0 Å². The molecule has 136 valence electrons. The Morgan fingerprint density at radius 1 is 1.15 bits per heavy atom. The zero-order valence-corrected chi connectivity index (χ0v) is 15.7. The number of anilines is 1. The molecule has 0 bridgehead atoms. The van der Waals surface area contributed by atoms with Crippen molar-refractivity contribution in [3.05, 3.63) is 62.7 Å². The SMILES string of the molecule is Cc1c([C@@H](N)Nc2nnc(Cl)c3ccc(Br)cc23)cccc1C(F)(F)F. The molecule has 0 unspecified atom stereocenters. The standard InChI is InChI=1S/C17H13BrClF3N4/c1-8-10(3-2-4-13(8)17(20,21)22)15(23)24-16-12-7-9(18)5-6-11(12)14(19)25-26-16/h2-7,15H,23H2,1H3,(H,24,26)/t15-/m0/s1. The van der Waals surface area contributed by atoms with Crippen molar-refractivity contribution in [2.45, 2.75) is 19.3 Å². The van der Waals surface area contributed by atoms with Gasteiger partial charge in [0, 0.05) is 15.2 Å². The minimum absolute atomic E-state index is 0.0624. The van der Waals surface area contributed by atoms with Crippen molar-refractivity contribution in [3.63, 3.8) is 0 Å². The van der Waals surface area contributed by atoms with Crippen molar-refractivity contribution in [2.75, 3.05) is 5.32 Å². The largest absolute Gasteiger partial charge is 0.416 e. The smallest absolute Gasteiger partial charge is 0.349 e. The number of hydrogen-bond donors (Lipinski definition) is 2. The lowest BCUT2D eigenvalue weighted by Gasteiger charge is -2.20. The summed E-state index contributed by atoms with van der Waals surface area (Å²) in [6.07, 6.45) is -5.35. The molecular formula is C17H13BrClF3N4. The molecule has 0 saturated heterocycles. The molecular weight excluding hydrogens is 433 g/mol. The van der Waals surface area contributed by atoms with Crippen LogP contribution in [-0.2, 0) is 6.18 Å². The summed E-state index contributed by atoms with van der Waals surface area (Å²) in [5.41, 5.74) is 5.78. The van der Waals surface area contributed by atoms with Gasteiger partial charge in [-0.3, -0.25) is 0 Å². The van der Waals surface area contributed by atoms with Crippen LogP contribution in [0.25, 0.3) is 10.8 Å². The number of nitrogens with zero attached hydrogens (tertiary/aromatic N) is 2. The first-order chi connectivity index (χ1) is 12.2. The Morgan fingerprint density at radius 2 is 1.88 bits per heavy atom. The highest BCUT2D eigenvalue weighted by Crippen LogP contribution is 2.35. The summed E-state index contributed by atoms with van der Waals surface area (Å²) in [6, 6.07) is 9.25. The predicted octanol–water partition coefficient (Wildman–Crippen LogP) is 5.44. The fourth-order valence-corrected chi connectivity index (χ4v) is 3.29. The number of rotatable bonds is 3. The first-order valence-electron chi connectivity index (χ1n) is 7.48. The van der Waals surface area contributed by atoms with Crippen LogP contribution in [-0.4, -0.2) is 10.2 Å². The fourth-order valence-electron chi connectivity index (χ4n) is 2.72. The molecule has 1 aromatic heterocycles. The lowest BCUT2D eigenvalue weighted by Crippen LogP contribution is -2.23. The molecule has 0 radical (unpaired) electrons. The Kier molecular flexibility index (Phi) is 5.09. The van der Waals surface area contributed by atoms with Gasteiger partial charge >= 0.3 is 6.18 Å². The number of nitrogens with two attached hydrogens (primary N) is 1. The summed E-state index contributed by atoms with van der Waals surface area (Å²) < 4.78 is 40.1. The normalized spacial score (nSPS) is 13.0. The van der Waals surface area contributed by atoms with E-state index in [0.717, 1.165) is 10.5 Å². The van der Waals surface area contributed by atoms with Gasteiger partial charge in [-0.1, -0.05) is 39.7 Å². The fraction of sp³-hybridized carbons (Fsp3) is 0.176. The third-order valence-electron chi connectivity index (χ3n) is 4.01. The van der Waals surface area contributed by atoms with E-state index in [4.69, 9.17) is 17.3 Å². The third-order valence-corrected chi connectivity index (χ3v) is 4.78. The van der Waals surface area contributed by atoms with Gasteiger partial charge in [0.25, 0.3) is 0 Å². The number of nitrogens with one attached hydrogen (secondary N) is 1. The van der Waals surface area contributed by atoms with Gasteiger partial charge in [-0.25, -0.2) is 0 Å². The van der Waals surface area contributed by atoms with E-state index < -0.39 is 17.9 Å². The van der Waals surface area contributed by atoms with Gasteiger partial charge in [-0.15, -0.1) is 10.2 Å². The molecule has 3 rings (SSSR count). The molecule has 2 aromatic carbocycles. The maximum absolute atomic E-state index is 13.1. The van der Waals surface area contributed by atoms with Crippen molar-refractivity contribution in [2.24, 2.45) is 5.73 Å². The molecule has 1 heterocycles. The maximum atomic E-state index is 13.1. The molecule has 9 heteroatoms. The summed E-state index contributed by atoms with van der Waals surface area (Å²) in [6.45, 7) is 1.39. The van der Waals surface area contributed by atoms with Crippen molar-refractivity contribution in [1.82, 2.24) is 10.2 Å². The van der Waals surface area contributed by atoms with E-state index in [9.17, 15) is 13.2 Å². The first kappa shape index (κ1) is 18.9. The Balaban J connectivity index is 2.02. The van der Waals surface area contributed by atoms with Gasteiger partial charge in [0.05, 0.1) is 5.56 Å². The Bertz CT molecular complexity index is 978. The molecule has 0 aliphatic heterocycles.